The number of nitrogens with one attached hydrogen (secondary N) is 2. The van der Waals surface area contributed by atoms with Crippen molar-refractivity contribution in [1.29, 1.82) is 0 Å². The van der Waals surface area contributed by atoms with Crippen LogP contribution in [-0.2, 0) is 18.0 Å². The Morgan fingerprint density at radius 2 is 1.85 bits per heavy atom. The Hall–Kier alpha value is -4.65. The molecule has 4 aromatic rings. The molecule has 1 fully saturated rings. The van der Waals surface area contributed by atoms with Gasteiger partial charge in [0.1, 0.15) is 11.6 Å². The second-order valence-corrected chi connectivity index (χ2v) is 8.95. The molecule has 2 amide bonds. The van der Waals surface area contributed by atoms with Gasteiger partial charge in [0.25, 0.3) is 0 Å². The molecule has 1 aliphatic heterocycles. The number of morpholine rings is 1. The molecule has 40 heavy (non-hydrogen) atoms. The van der Waals surface area contributed by atoms with Crippen molar-refractivity contribution in [3.63, 3.8) is 0 Å². The first-order valence-electron chi connectivity index (χ1n) is 12.2. The average molecular weight is 557 g/mol. The van der Waals surface area contributed by atoms with Crippen LogP contribution in [0.2, 0.25) is 0 Å². The molecule has 0 unspecified atom stereocenters. The van der Waals surface area contributed by atoms with Crippen LogP contribution in [-0.4, -0.2) is 47.1 Å². The Morgan fingerprint density at radius 1 is 1.05 bits per heavy atom. The molecule has 13 heteroatoms. The van der Waals surface area contributed by atoms with E-state index in [0.717, 1.165) is 23.8 Å². The molecule has 5 rings (SSSR count). The number of urea groups is 1. The highest BCUT2D eigenvalue weighted by Crippen LogP contribution is 2.35. The van der Waals surface area contributed by atoms with Gasteiger partial charge in [-0.3, -0.25) is 4.68 Å². The molecule has 0 bridgehead atoms. The predicted molar refractivity (Wildman–Crippen MR) is 140 cm³/mol. The van der Waals surface area contributed by atoms with Gasteiger partial charge >= 0.3 is 12.2 Å². The number of rotatable bonds is 6. The number of hydrogen-bond donors (Lipinski definition) is 2. The number of amides is 2. The Labute approximate surface area is 226 Å². The van der Waals surface area contributed by atoms with Gasteiger partial charge in [-0.25, -0.2) is 14.2 Å². The van der Waals surface area contributed by atoms with Crippen LogP contribution >= 0.6 is 0 Å². The number of ether oxygens (including phenoxy) is 2. The number of aromatic nitrogens is 3. The van der Waals surface area contributed by atoms with Crippen LogP contribution in [0.4, 0.5) is 39.4 Å². The van der Waals surface area contributed by atoms with E-state index in [9.17, 15) is 22.4 Å². The highest BCUT2D eigenvalue weighted by molar-refractivity contribution is 6.00. The summed E-state index contributed by atoms with van der Waals surface area (Å²) in [5, 5.41) is 8.82. The molecule has 0 aliphatic carbocycles. The van der Waals surface area contributed by atoms with Crippen LogP contribution in [0.15, 0.2) is 67.0 Å². The SMILES string of the molecule is Cn1cc(-c2cccc(Oc3ccc(F)c(NC(=O)Nc4cc(N5CCOCC5)cc(C(F)(F)F)c4)c3)n2)cn1. The fourth-order valence-electron chi connectivity index (χ4n) is 4.11. The van der Waals surface area contributed by atoms with Gasteiger partial charge in [0.2, 0.25) is 5.88 Å². The van der Waals surface area contributed by atoms with Crippen LogP contribution in [0.5, 0.6) is 11.6 Å². The minimum Gasteiger partial charge on any atom is -0.439 e. The summed E-state index contributed by atoms with van der Waals surface area (Å²) < 4.78 is 67.9. The van der Waals surface area contributed by atoms with Gasteiger partial charge in [0.05, 0.1) is 36.4 Å². The second kappa shape index (κ2) is 11.2. The fourth-order valence-corrected chi connectivity index (χ4v) is 4.11. The van der Waals surface area contributed by atoms with Crippen molar-refractivity contribution in [2.24, 2.45) is 7.05 Å². The maximum Gasteiger partial charge on any atom is 0.416 e. The molecule has 0 atom stereocenters. The Kier molecular flexibility index (Phi) is 7.56. The number of carbonyl (C=O) groups excluding carboxylic acids is 1. The maximum atomic E-state index is 14.5. The molecule has 208 valence electrons. The third kappa shape index (κ3) is 6.49. The monoisotopic (exact) mass is 556 g/mol. The summed E-state index contributed by atoms with van der Waals surface area (Å²) in [6, 6.07) is 11.2. The van der Waals surface area contributed by atoms with Gasteiger partial charge in [0.15, 0.2) is 0 Å². The summed E-state index contributed by atoms with van der Waals surface area (Å²) in [7, 11) is 1.78. The first-order chi connectivity index (χ1) is 19.1. The van der Waals surface area contributed by atoms with E-state index in [2.05, 4.69) is 20.7 Å². The molecule has 0 spiro atoms. The Balaban J connectivity index is 1.31. The lowest BCUT2D eigenvalue weighted by Gasteiger charge is -2.29. The molecule has 2 aromatic carbocycles. The van der Waals surface area contributed by atoms with E-state index >= 15 is 0 Å². The van der Waals surface area contributed by atoms with E-state index in [1.54, 1.807) is 47.2 Å². The van der Waals surface area contributed by atoms with Crippen molar-refractivity contribution >= 4 is 23.1 Å². The Bertz CT molecular complexity index is 1520. The minimum atomic E-state index is -4.63. The second-order valence-electron chi connectivity index (χ2n) is 8.95. The lowest BCUT2D eigenvalue weighted by molar-refractivity contribution is -0.137. The normalized spacial score (nSPS) is 13.7. The third-order valence-electron chi connectivity index (χ3n) is 6.01. The number of alkyl halides is 3. The highest BCUT2D eigenvalue weighted by atomic mass is 19.4. The lowest BCUT2D eigenvalue weighted by atomic mass is 10.1. The molecule has 2 aromatic heterocycles. The number of pyridine rings is 1. The van der Waals surface area contributed by atoms with Crippen molar-refractivity contribution < 1.29 is 31.8 Å². The standard InChI is InChI=1S/C27H24F4N6O3/c1-36-16-17(15-32-36)23-3-2-4-25(34-23)40-21-5-6-22(28)24(14-21)35-26(38)33-19-11-18(27(29,30)31)12-20(13-19)37-7-9-39-10-8-37/h2-6,11-16H,7-10H2,1H3,(H2,33,35,38). The van der Waals surface area contributed by atoms with Crippen LogP contribution < -0.4 is 20.3 Å². The predicted octanol–water partition coefficient (Wildman–Crippen LogP) is 5.91. The van der Waals surface area contributed by atoms with Gasteiger partial charge < -0.3 is 25.0 Å². The minimum absolute atomic E-state index is 0.0990. The van der Waals surface area contributed by atoms with Gasteiger partial charge in [-0.1, -0.05) is 6.07 Å². The zero-order valence-electron chi connectivity index (χ0n) is 21.2. The van der Waals surface area contributed by atoms with E-state index in [1.165, 1.54) is 18.2 Å². The molecule has 1 aliphatic rings. The van der Waals surface area contributed by atoms with Gasteiger partial charge in [-0.2, -0.15) is 18.3 Å². The van der Waals surface area contributed by atoms with Gasteiger partial charge in [-0.05, 0) is 36.4 Å². The van der Waals surface area contributed by atoms with E-state index in [1.807, 2.05) is 0 Å². The molecule has 1 saturated heterocycles. The van der Waals surface area contributed by atoms with E-state index in [-0.39, 0.29) is 28.7 Å². The molecule has 0 radical (unpaired) electrons. The molecule has 3 heterocycles. The largest absolute Gasteiger partial charge is 0.439 e. The van der Waals surface area contributed by atoms with Crippen molar-refractivity contribution in [3.8, 4) is 22.9 Å². The van der Waals surface area contributed by atoms with Crippen LogP contribution in [0.25, 0.3) is 11.3 Å². The van der Waals surface area contributed by atoms with Crippen molar-refractivity contribution in [1.82, 2.24) is 14.8 Å². The first kappa shape index (κ1) is 26.9. The number of hydrogen-bond acceptors (Lipinski definition) is 6. The molecule has 0 saturated carbocycles. The number of nitrogens with zero attached hydrogens (tertiary/aromatic N) is 4. The van der Waals surface area contributed by atoms with Crippen molar-refractivity contribution in [3.05, 3.63) is 78.4 Å². The van der Waals surface area contributed by atoms with Crippen LogP contribution in [0, 0.1) is 5.82 Å². The number of carbonyl (C=O) groups is 1. The van der Waals surface area contributed by atoms with Crippen LogP contribution in [0.3, 0.4) is 0 Å². The fraction of sp³-hybridized carbons (Fsp3) is 0.222. The number of halogens is 4. The average Bonchev–Trinajstić information content (AvgIpc) is 3.37. The summed E-state index contributed by atoms with van der Waals surface area (Å²) >= 11 is 0. The van der Waals surface area contributed by atoms with Gasteiger partial charge in [-0.15, -0.1) is 0 Å². The summed E-state index contributed by atoms with van der Waals surface area (Å²) in [5.74, 6) is -0.359. The lowest BCUT2D eigenvalue weighted by Crippen LogP contribution is -2.36. The van der Waals surface area contributed by atoms with E-state index in [4.69, 9.17) is 9.47 Å². The van der Waals surface area contributed by atoms with E-state index in [0.29, 0.717) is 32.0 Å². The number of aryl methyl sites for hydroxylation is 1. The molecule has 2 N–H and O–H groups in total. The zero-order valence-corrected chi connectivity index (χ0v) is 21.2. The summed E-state index contributed by atoms with van der Waals surface area (Å²) in [6.45, 7) is 1.57. The van der Waals surface area contributed by atoms with E-state index < -0.39 is 23.6 Å². The topological polar surface area (TPSA) is 93.5 Å². The maximum absolute atomic E-state index is 14.5. The zero-order chi connectivity index (χ0) is 28.3. The molecular formula is C27H24F4N6O3. The third-order valence-corrected chi connectivity index (χ3v) is 6.01. The quantitative estimate of drug-likeness (QED) is 0.287. The van der Waals surface area contributed by atoms with Gasteiger partial charge in [0, 0.05) is 55.4 Å². The molecule has 9 nitrogen and oxygen atoms in total. The number of anilines is 3. The van der Waals surface area contributed by atoms with Crippen LogP contribution in [0.1, 0.15) is 5.56 Å². The molecular weight excluding hydrogens is 532 g/mol. The Morgan fingerprint density at radius 3 is 2.58 bits per heavy atom. The van der Waals surface area contributed by atoms with Crippen molar-refractivity contribution in [2.45, 2.75) is 6.18 Å². The summed E-state index contributed by atoms with van der Waals surface area (Å²) in [6.07, 6.45) is -1.19. The number of benzene rings is 2. The smallest absolute Gasteiger partial charge is 0.416 e. The van der Waals surface area contributed by atoms with Crippen molar-refractivity contribution in [2.75, 3.05) is 41.8 Å². The summed E-state index contributed by atoms with van der Waals surface area (Å²) in [5.41, 5.74) is 0.419. The summed E-state index contributed by atoms with van der Waals surface area (Å²) in [4.78, 5) is 18.8. The highest BCUT2D eigenvalue weighted by Gasteiger charge is 2.32. The first-order valence-corrected chi connectivity index (χ1v) is 12.2.